The summed E-state index contributed by atoms with van der Waals surface area (Å²) in [6.45, 7) is 2.07. The summed E-state index contributed by atoms with van der Waals surface area (Å²) in [7, 11) is 1.95. The second kappa shape index (κ2) is 3.93. The molecule has 0 aromatic heterocycles. The Bertz CT molecular complexity index is 380. The number of aliphatic imine (C=N–C) groups is 1. The lowest BCUT2D eigenvalue weighted by Crippen LogP contribution is -2.34. The predicted molar refractivity (Wildman–Crippen MR) is 64.2 cm³/mol. The molecule has 0 atom stereocenters. The van der Waals surface area contributed by atoms with Crippen molar-refractivity contribution >= 4 is 11.6 Å². The summed E-state index contributed by atoms with van der Waals surface area (Å²) in [5.41, 5.74) is 8.25. The van der Waals surface area contributed by atoms with Gasteiger partial charge in [-0.1, -0.05) is 12.1 Å². The largest absolute Gasteiger partial charge is 0.370 e. The highest BCUT2D eigenvalue weighted by atomic mass is 15.2. The normalized spacial score (nSPS) is 16.5. The minimum atomic E-state index is 0.470. The van der Waals surface area contributed by atoms with Gasteiger partial charge in [0.05, 0.1) is 6.04 Å². The number of nitrogens with two attached hydrogens (primary N) is 1. The van der Waals surface area contributed by atoms with Gasteiger partial charge >= 0.3 is 0 Å². The van der Waals surface area contributed by atoms with Crippen molar-refractivity contribution in [1.82, 2.24) is 0 Å². The number of guanidine groups is 1. The van der Waals surface area contributed by atoms with E-state index in [1.54, 1.807) is 0 Å². The number of hydrogen-bond donors (Lipinski definition) is 1. The second-order valence-electron chi connectivity index (χ2n) is 4.12. The minimum absolute atomic E-state index is 0.470. The molecule has 1 saturated carbocycles. The van der Waals surface area contributed by atoms with Crippen LogP contribution in [0, 0.1) is 6.92 Å². The Balaban J connectivity index is 2.15. The lowest BCUT2D eigenvalue weighted by atomic mass is 10.2. The number of hydrogen-bond acceptors (Lipinski definition) is 1. The van der Waals surface area contributed by atoms with Gasteiger partial charge in [-0.2, -0.15) is 0 Å². The van der Waals surface area contributed by atoms with E-state index in [-0.39, 0.29) is 0 Å². The van der Waals surface area contributed by atoms with E-state index < -0.39 is 0 Å². The van der Waals surface area contributed by atoms with Crippen LogP contribution in [-0.2, 0) is 0 Å². The van der Waals surface area contributed by atoms with Crippen LogP contribution >= 0.6 is 0 Å². The van der Waals surface area contributed by atoms with Gasteiger partial charge in [-0.05, 0) is 37.5 Å². The first-order valence-electron chi connectivity index (χ1n) is 5.30. The monoisotopic (exact) mass is 203 g/mol. The molecule has 0 saturated heterocycles. The molecule has 15 heavy (non-hydrogen) atoms. The molecular formula is C12H17N3. The van der Waals surface area contributed by atoms with E-state index in [0.717, 1.165) is 5.69 Å². The quantitative estimate of drug-likeness (QED) is 0.589. The summed E-state index contributed by atoms with van der Waals surface area (Å²) >= 11 is 0. The summed E-state index contributed by atoms with van der Waals surface area (Å²) < 4.78 is 0. The van der Waals surface area contributed by atoms with E-state index in [1.807, 2.05) is 24.1 Å². The molecule has 0 unspecified atom stereocenters. The molecule has 0 heterocycles. The molecule has 1 aliphatic rings. The fourth-order valence-electron chi connectivity index (χ4n) is 1.45. The van der Waals surface area contributed by atoms with Gasteiger partial charge in [0, 0.05) is 12.7 Å². The fourth-order valence-corrected chi connectivity index (χ4v) is 1.45. The SMILES string of the molecule is Cc1cccc(N(C)C(N)=NC2CC2)c1. The zero-order chi connectivity index (χ0) is 10.8. The average Bonchev–Trinajstić information content (AvgIpc) is 3.00. The molecule has 0 amide bonds. The van der Waals surface area contributed by atoms with E-state index in [1.165, 1.54) is 18.4 Å². The Morgan fingerprint density at radius 2 is 2.20 bits per heavy atom. The zero-order valence-corrected chi connectivity index (χ0v) is 9.27. The topological polar surface area (TPSA) is 41.6 Å². The van der Waals surface area contributed by atoms with Gasteiger partial charge in [-0.25, -0.2) is 4.99 Å². The maximum Gasteiger partial charge on any atom is 0.195 e. The number of benzene rings is 1. The maximum absolute atomic E-state index is 5.92. The van der Waals surface area contributed by atoms with Crippen molar-refractivity contribution in [1.29, 1.82) is 0 Å². The third kappa shape index (κ3) is 2.49. The molecule has 3 heteroatoms. The van der Waals surface area contributed by atoms with Crippen LogP contribution in [0.4, 0.5) is 5.69 Å². The Morgan fingerprint density at radius 1 is 1.47 bits per heavy atom. The fraction of sp³-hybridized carbons (Fsp3) is 0.417. The van der Waals surface area contributed by atoms with Crippen molar-refractivity contribution in [2.75, 3.05) is 11.9 Å². The first-order chi connectivity index (χ1) is 7.16. The van der Waals surface area contributed by atoms with Crippen LogP contribution in [0.15, 0.2) is 29.3 Å². The van der Waals surface area contributed by atoms with Crippen LogP contribution in [0.3, 0.4) is 0 Å². The molecule has 0 spiro atoms. The van der Waals surface area contributed by atoms with E-state index in [0.29, 0.717) is 12.0 Å². The Labute approximate surface area is 90.6 Å². The van der Waals surface area contributed by atoms with Crippen LogP contribution < -0.4 is 10.6 Å². The third-order valence-electron chi connectivity index (χ3n) is 2.59. The molecule has 2 rings (SSSR count). The summed E-state index contributed by atoms with van der Waals surface area (Å²) in [6.07, 6.45) is 2.37. The molecule has 1 aromatic rings. The summed E-state index contributed by atoms with van der Waals surface area (Å²) in [5, 5.41) is 0. The van der Waals surface area contributed by atoms with Crippen molar-refractivity contribution in [3.05, 3.63) is 29.8 Å². The van der Waals surface area contributed by atoms with Crippen molar-refractivity contribution < 1.29 is 0 Å². The molecule has 0 bridgehead atoms. The molecular weight excluding hydrogens is 186 g/mol. The summed E-state index contributed by atoms with van der Waals surface area (Å²) in [5.74, 6) is 0.614. The average molecular weight is 203 g/mol. The van der Waals surface area contributed by atoms with E-state index >= 15 is 0 Å². The van der Waals surface area contributed by atoms with Crippen LogP contribution in [0.5, 0.6) is 0 Å². The van der Waals surface area contributed by atoms with Crippen molar-refractivity contribution in [2.24, 2.45) is 10.7 Å². The zero-order valence-electron chi connectivity index (χ0n) is 9.27. The first-order valence-corrected chi connectivity index (χ1v) is 5.30. The maximum atomic E-state index is 5.92. The number of aryl methyl sites for hydroxylation is 1. The Hall–Kier alpha value is -1.51. The second-order valence-corrected chi connectivity index (χ2v) is 4.12. The minimum Gasteiger partial charge on any atom is -0.370 e. The summed E-state index contributed by atoms with van der Waals surface area (Å²) in [4.78, 5) is 6.35. The molecule has 1 aliphatic carbocycles. The number of nitrogens with zero attached hydrogens (tertiary/aromatic N) is 2. The van der Waals surface area contributed by atoms with Crippen LogP contribution in [-0.4, -0.2) is 19.0 Å². The van der Waals surface area contributed by atoms with Gasteiger partial charge in [-0.15, -0.1) is 0 Å². The van der Waals surface area contributed by atoms with E-state index in [9.17, 15) is 0 Å². The van der Waals surface area contributed by atoms with Gasteiger partial charge in [-0.3, -0.25) is 0 Å². The third-order valence-corrected chi connectivity index (χ3v) is 2.59. The smallest absolute Gasteiger partial charge is 0.195 e. The molecule has 80 valence electrons. The van der Waals surface area contributed by atoms with Crippen LogP contribution in [0.1, 0.15) is 18.4 Å². The van der Waals surface area contributed by atoms with Gasteiger partial charge in [0.1, 0.15) is 0 Å². The molecule has 1 aromatic carbocycles. The van der Waals surface area contributed by atoms with Crippen molar-refractivity contribution in [2.45, 2.75) is 25.8 Å². The first kappa shape index (κ1) is 10.0. The summed E-state index contributed by atoms with van der Waals surface area (Å²) in [6, 6.07) is 8.73. The molecule has 0 aliphatic heterocycles. The van der Waals surface area contributed by atoms with Crippen molar-refractivity contribution in [3.63, 3.8) is 0 Å². The molecule has 1 fully saturated rings. The molecule has 2 N–H and O–H groups in total. The number of anilines is 1. The van der Waals surface area contributed by atoms with Gasteiger partial charge < -0.3 is 10.6 Å². The standard InChI is InChI=1S/C12H17N3/c1-9-4-3-5-11(8-9)15(2)12(13)14-10-6-7-10/h3-5,8,10H,6-7H2,1-2H3,(H2,13,14). The number of rotatable bonds is 2. The highest BCUT2D eigenvalue weighted by Crippen LogP contribution is 2.24. The lowest BCUT2D eigenvalue weighted by molar-refractivity contribution is 1.03. The lowest BCUT2D eigenvalue weighted by Gasteiger charge is -2.18. The van der Waals surface area contributed by atoms with Crippen LogP contribution in [0.2, 0.25) is 0 Å². The van der Waals surface area contributed by atoms with Gasteiger partial charge in [0.15, 0.2) is 5.96 Å². The molecule has 3 nitrogen and oxygen atoms in total. The highest BCUT2D eigenvalue weighted by molar-refractivity contribution is 5.94. The van der Waals surface area contributed by atoms with Crippen LogP contribution in [0.25, 0.3) is 0 Å². The van der Waals surface area contributed by atoms with Crippen molar-refractivity contribution in [3.8, 4) is 0 Å². The van der Waals surface area contributed by atoms with Gasteiger partial charge in [0.2, 0.25) is 0 Å². The molecule has 0 radical (unpaired) electrons. The predicted octanol–water partition coefficient (Wildman–Crippen LogP) is 1.91. The van der Waals surface area contributed by atoms with E-state index in [2.05, 4.69) is 24.0 Å². The Morgan fingerprint density at radius 3 is 2.80 bits per heavy atom. The Kier molecular flexibility index (Phi) is 2.62. The highest BCUT2D eigenvalue weighted by Gasteiger charge is 2.21. The van der Waals surface area contributed by atoms with Gasteiger partial charge in [0.25, 0.3) is 0 Å². The van der Waals surface area contributed by atoms with E-state index in [4.69, 9.17) is 5.73 Å².